The van der Waals surface area contributed by atoms with E-state index in [0.29, 0.717) is 11.3 Å². The Balaban J connectivity index is 2.75. The van der Waals surface area contributed by atoms with Crippen LogP contribution in [0.5, 0.6) is 0 Å². The smallest absolute Gasteiger partial charge is 0.339 e. The van der Waals surface area contributed by atoms with Crippen LogP contribution in [0, 0.1) is 0 Å². The van der Waals surface area contributed by atoms with E-state index in [-0.39, 0.29) is 0 Å². The van der Waals surface area contributed by atoms with Crippen LogP contribution in [0.25, 0.3) is 6.08 Å². The fourth-order valence-electron chi connectivity index (χ4n) is 0.964. The topological polar surface area (TPSA) is 65.5 Å². The second-order valence-corrected chi connectivity index (χ2v) is 2.82. The second-order valence-electron chi connectivity index (χ2n) is 2.82. The van der Waals surface area contributed by atoms with E-state index in [4.69, 9.17) is 0 Å². The molecule has 0 unspecified atom stereocenters. The first-order valence-electron chi connectivity index (χ1n) is 4.47. The molecule has 0 atom stereocenters. The average molecular weight is 221 g/mol. The van der Waals surface area contributed by atoms with Crippen molar-refractivity contribution in [2.45, 2.75) is 0 Å². The molecule has 0 saturated carbocycles. The van der Waals surface area contributed by atoms with Crippen molar-refractivity contribution in [2.75, 3.05) is 14.2 Å². The van der Waals surface area contributed by atoms with Crippen LogP contribution in [-0.2, 0) is 14.3 Å². The zero-order valence-electron chi connectivity index (χ0n) is 8.97. The number of hydrogen-bond acceptors (Lipinski definition) is 5. The van der Waals surface area contributed by atoms with Gasteiger partial charge in [0.2, 0.25) is 0 Å². The summed E-state index contributed by atoms with van der Waals surface area (Å²) in [5, 5.41) is 0. The van der Waals surface area contributed by atoms with Crippen LogP contribution in [-0.4, -0.2) is 31.1 Å². The maximum absolute atomic E-state index is 11.1. The Kier molecular flexibility index (Phi) is 4.20. The van der Waals surface area contributed by atoms with Crippen molar-refractivity contribution in [2.24, 2.45) is 0 Å². The molecule has 1 heterocycles. The lowest BCUT2D eigenvalue weighted by molar-refractivity contribution is -0.134. The number of aromatic nitrogens is 1. The summed E-state index contributed by atoms with van der Waals surface area (Å²) in [6, 6.07) is 3.17. The molecular formula is C11H11NO4. The number of methoxy groups -OCH3 is 2. The van der Waals surface area contributed by atoms with Crippen molar-refractivity contribution in [3.05, 3.63) is 35.7 Å². The Morgan fingerprint density at radius 1 is 1.25 bits per heavy atom. The van der Waals surface area contributed by atoms with Gasteiger partial charge in [0.25, 0.3) is 0 Å². The van der Waals surface area contributed by atoms with E-state index in [1.807, 2.05) is 0 Å². The number of ether oxygens (including phenoxy) is 2. The minimum absolute atomic E-state index is 0.359. The summed E-state index contributed by atoms with van der Waals surface area (Å²) in [4.78, 5) is 25.8. The molecule has 0 aliphatic carbocycles. The van der Waals surface area contributed by atoms with Gasteiger partial charge in [0.05, 0.1) is 25.5 Å². The van der Waals surface area contributed by atoms with Crippen molar-refractivity contribution in [3.8, 4) is 0 Å². The minimum atomic E-state index is -0.459. The van der Waals surface area contributed by atoms with E-state index >= 15 is 0 Å². The molecule has 84 valence electrons. The molecule has 5 nitrogen and oxygen atoms in total. The summed E-state index contributed by atoms with van der Waals surface area (Å²) in [6.45, 7) is 0. The highest BCUT2D eigenvalue weighted by Crippen LogP contribution is 2.03. The van der Waals surface area contributed by atoms with E-state index in [0.717, 1.165) is 0 Å². The average Bonchev–Trinajstić information content (AvgIpc) is 2.35. The normalized spacial score (nSPS) is 10.1. The number of carbonyl (C=O) groups excluding carboxylic acids is 2. The van der Waals surface area contributed by atoms with Gasteiger partial charge in [-0.2, -0.15) is 0 Å². The number of nitrogens with zero attached hydrogens (tertiary/aromatic N) is 1. The van der Waals surface area contributed by atoms with Gasteiger partial charge in [-0.1, -0.05) is 0 Å². The fourth-order valence-corrected chi connectivity index (χ4v) is 0.964. The van der Waals surface area contributed by atoms with Crippen LogP contribution in [0.15, 0.2) is 24.4 Å². The quantitative estimate of drug-likeness (QED) is 0.564. The molecule has 0 aliphatic rings. The van der Waals surface area contributed by atoms with Gasteiger partial charge in [0.1, 0.15) is 0 Å². The molecule has 0 fully saturated rings. The monoisotopic (exact) mass is 221 g/mol. The number of esters is 2. The van der Waals surface area contributed by atoms with Gasteiger partial charge in [0, 0.05) is 12.3 Å². The Hall–Kier alpha value is -2.17. The zero-order valence-corrected chi connectivity index (χ0v) is 8.97. The van der Waals surface area contributed by atoms with Gasteiger partial charge in [-0.15, -0.1) is 0 Å². The van der Waals surface area contributed by atoms with Crippen molar-refractivity contribution in [1.82, 2.24) is 4.98 Å². The highest BCUT2D eigenvalue weighted by molar-refractivity contribution is 5.89. The lowest BCUT2D eigenvalue weighted by Crippen LogP contribution is -2.01. The molecule has 0 radical (unpaired) electrons. The summed E-state index contributed by atoms with van der Waals surface area (Å²) < 4.78 is 8.94. The Morgan fingerprint density at radius 2 is 2.00 bits per heavy atom. The molecule has 0 aliphatic heterocycles. The third kappa shape index (κ3) is 3.20. The predicted octanol–water partition coefficient (Wildman–Crippen LogP) is 1.05. The summed E-state index contributed by atoms with van der Waals surface area (Å²) in [5.74, 6) is -0.908. The Morgan fingerprint density at radius 3 is 2.50 bits per heavy atom. The van der Waals surface area contributed by atoms with Crippen molar-refractivity contribution >= 4 is 18.0 Å². The van der Waals surface area contributed by atoms with Crippen LogP contribution < -0.4 is 0 Å². The fraction of sp³-hybridized carbons (Fsp3) is 0.182. The first-order chi connectivity index (χ1) is 7.67. The van der Waals surface area contributed by atoms with Gasteiger partial charge in [-0.25, -0.2) is 9.59 Å². The number of pyridine rings is 1. The van der Waals surface area contributed by atoms with Gasteiger partial charge in [-0.05, 0) is 18.2 Å². The Bertz CT molecular complexity index is 408. The number of carbonyl (C=O) groups is 2. The SMILES string of the molecule is COC(=O)C=Cc1ccc(C(=O)OC)cn1. The molecule has 0 saturated heterocycles. The van der Waals surface area contributed by atoms with E-state index in [1.165, 1.54) is 32.6 Å². The van der Waals surface area contributed by atoms with E-state index < -0.39 is 11.9 Å². The van der Waals surface area contributed by atoms with Gasteiger partial charge < -0.3 is 9.47 Å². The second kappa shape index (κ2) is 5.65. The molecule has 0 N–H and O–H groups in total. The molecular weight excluding hydrogens is 210 g/mol. The van der Waals surface area contributed by atoms with E-state index in [1.54, 1.807) is 12.1 Å². The van der Waals surface area contributed by atoms with Gasteiger partial charge in [-0.3, -0.25) is 4.98 Å². The molecule has 0 amide bonds. The molecule has 1 aromatic heterocycles. The standard InChI is InChI=1S/C11H11NO4/c1-15-10(13)6-5-9-4-3-8(7-12-9)11(14)16-2/h3-7H,1-2H3. The molecule has 16 heavy (non-hydrogen) atoms. The molecule has 1 rings (SSSR count). The third-order valence-corrected chi connectivity index (χ3v) is 1.80. The van der Waals surface area contributed by atoms with Gasteiger partial charge in [0.15, 0.2) is 0 Å². The predicted molar refractivity (Wildman–Crippen MR) is 56.6 cm³/mol. The number of rotatable bonds is 3. The zero-order chi connectivity index (χ0) is 12.0. The number of hydrogen-bond donors (Lipinski definition) is 0. The van der Waals surface area contributed by atoms with Crippen molar-refractivity contribution in [3.63, 3.8) is 0 Å². The Labute approximate surface area is 92.7 Å². The minimum Gasteiger partial charge on any atom is -0.466 e. The maximum atomic E-state index is 11.1. The largest absolute Gasteiger partial charge is 0.466 e. The lowest BCUT2D eigenvalue weighted by Gasteiger charge is -1.98. The van der Waals surface area contributed by atoms with Crippen LogP contribution in [0.2, 0.25) is 0 Å². The molecule has 0 spiro atoms. The van der Waals surface area contributed by atoms with E-state index in [9.17, 15) is 9.59 Å². The molecule has 0 aromatic carbocycles. The van der Waals surface area contributed by atoms with Crippen molar-refractivity contribution in [1.29, 1.82) is 0 Å². The van der Waals surface area contributed by atoms with Crippen LogP contribution in [0.3, 0.4) is 0 Å². The first kappa shape index (κ1) is 11.9. The molecule has 0 bridgehead atoms. The summed E-state index contributed by atoms with van der Waals surface area (Å²) in [5.41, 5.74) is 0.913. The van der Waals surface area contributed by atoms with Crippen LogP contribution in [0.1, 0.15) is 16.1 Å². The molecule has 1 aromatic rings. The highest BCUT2D eigenvalue weighted by atomic mass is 16.5. The summed E-state index contributed by atoms with van der Waals surface area (Å²) in [6.07, 6.45) is 4.12. The van der Waals surface area contributed by atoms with Crippen molar-refractivity contribution < 1.29 is 19.1 Å². The lowest BCUT2D eigenvalue weighted by atomic mass is 10.2. The van der Waals surface area contributed by atoms with Crippen LogP contribution >= 0.6 is 0 Å². The van der Waals surface area contributed by atoms with E-state index in [2.05, 4.69) is 14.5 Å². The first-order valence-corrected chi connectivity index (χ1v) is 4.47. The van der Waals surface area contributed by atoms with Gasteiger partial charge >= 0.3 is 11.9 Å². The maximum Gasteiger partial charge on any atom is 0.339 e. The van der Waals surface area contributed by atoms with Crippen LogP contribution in [0.4, 0.5) is 0 Å². The molecule has 5 heteroatoms. The highest BCUT2D eigenvalue weighted by Gasteiger charge is 2.04. The summed E-state index contributed by atoms with van der Waals surface area (Å²) >= 11 is 0. The third-order valence-electron chi connectivity index (χ3n) is 1.80. The summed E-state index contributed by atoms with van der Waals surface area (Å²) in [7, 11) is 2.59.